The number of amides is 2. The van der Waals surface area contributed by atoms with Crippen LogP contribution in [0, 0.1) is 6.92 Å². The summed E-state index contributed by atoms with van der Waals surface area (Å²) in [7, 11) is -12.7. The van der Waals surface area contributed by atoms with Gasteiger partial charge in [0.05, 0.1) is 50.0 Å². The zero-order valence-corrected chi connectivity index (χ0v) is 48.0. The molecule has 23 nitrogen and oxygen atoms in total. The summed E-state index contributed by atoms with van der Waals surface area (Å²) in [4.78, 5) is 64.5. The minimum Gasteiger partial charge on any atom is -0.748 e. The number of nitrogens with zero attached hydrogens (tertiary/aromatic N) is 7. The second kappa shape index (κ2) is 31.2. The summed E-state index contributed by atoms with van der Waals surface area (Å²) < 4.78 is 97.8. The molecule has 0 aliphatic carbocycles. The molecule has 378 valence electrons. The van der Waals surface area contributed by atoms with Crippen LogP contribution < -0.4 is 64.4 Å². The zero-order valence-electron chi connectivity index (χ0n) is 39.0. The van der Waals surface area contributed by atoms with Crippen molar-refractivity contribution < 1.29 is 151 Å². The van der Waals surface area contributed by atoms with Crippen molar-refractivity contribution in [3.63, 3.8) is 0 Å². The number of pyridine rings is 6. The molecule has 73 heavy (non-hydrogen) atoms. The summed E-state index contributed by atoms with van der Waals surface area (Å²) in [6, 6.07) is 19.8. The van der Waals surface area contributed by atoms with Gasteiger partial charge >= 0.3 is 65.1 Å². The first-order valence-corrected chi connectivity index (χ1v) is 26.0. The van der Waals surface area contributed by atoms with Crippen molar-refractivity contribution in [2.75, 3.05) is 0 Å². The van der Waals surface area contributed by atoms with Crippen LogP contribution in [-0.4, -0.2) is 91.7 Å². The van der Waals surface area contributed by atoms with Crippen LogP contribution in [0.25, 0.3) is 34.2 Å². The summed E-state index contributed by atoms with van der Waals surface area (Å²) in [6.45, 7) is 2.00. The molecule has 2 N–H and O–H groups in total. The monoisotopic (exact) mass is 1190 g/mol. The molecular formula is C43H41N7Na2O16RuS4. The molecule has 2 amide bonds. The Morgan fingerprint density at radius 3 is 1.40 bits per heavy atom. The molecule has 1 fully saturated rings. The van der Waals surface area contributed by atoms with Gasteiger partial charge in [0.15, 0.2) is 0 Å². The number of aryl methyl sites for hydroxylation is 2. The summed E-state index contributed by atoms with van der Waals surface area (Å²) in [5.74, 6) is -2.89. The number of aromatic nitrogens is 6. The van der Waals surface area contributed by atoms with Gasteiger partial charge in [0, 0.05) is 93.7 Å². The van der Waals surface area contributed by atoms with E-state index in [0.717, 1.165) is 40.1 Å². The van der Waals surface area contributed by atoms with Crippen molar-refractivity contribution in [1.29, 1.82) is 0 Å². The largest absolute Gasteiger partial charge is 1.00 e. The molecule has 1 aliphatic heterocycles. The number of hydrogen-bond donors (Lipinski definition) is 2. The Morgan fingerprint density at radius 2 is 0.986 bits per heavy atom. The van der Waals surface area contributed by atoms with Crippen LogP contribution in [0.4, 0.5) is 0 Å². The predicted molar refractivity (Wildman–Crippen MR) is 245 cm³/mol. The fourth-order valence-corrected chi connectivity index (χ4v) is 8.43. The van der Waals surface area contributed by atoms with Gasteiger partial charge in [0.25, 0.3) is 32.1 Å². The number of carbonyl (C=O) groups is 3. The maximum Gasteiger partial charge on any atom is 1.00 e. The SMILES string of the molecule is Cc1ccnc(-c2cc(CCCC(=O)ON3C(=O)CCC3=O)ccn2)c1.O=S(=O)(O)Cc1ccnc(-c2cc(CSOO[O-])ccn2)c1.O=S(=O)([O-])Cc1ccnc(-c2cc(CS(=O)(=O)O)ccn2)c1.[Na+].[Na+].[Ru]. The number of hydroxylamine groups is 2. The number of imide groups is 1. The van der Waals surface area contributed by atoms with Gasteiger partial charge < -0.3 is 14.6 Å². The van der Waals surface area contributed by atoms with E-state index in [1.807, 2.05) is 31.2 Å². The van der Waals surface area contributed by atoms with E-state index >= 15 is 0 Å². The number of rotatable bonds is 18. The van der Waals surface area contributed by atoms with Crippen molar-refractivity contribution in [3.8, 4) is 34.2 Å². The molecular weight excluding hydrogens is 1150 g/mol. The third-order valence-electron chi connectivity index (χ3n) is 9.21. The summed E-state index contributed by atoms with van der Waals surface area (Å²) >= 11 is 0.826. The molecule has 0 radical (unpaired) electrons. The Bertz CT molecular complexity index is 3080. The standard InChI is InChI=1S/C19H19N3O4.2C12H12N2O6S2.2Na.Ru/c1-13-7-9-20-15(11-13)16-12-14(8-10-21-16)3-2-4-19(25)26-22-17(23)5-6-18(22)24;15-21(16,17)7-9-1-3-13-11(5-9)12-6-10(2-4-14-12)8-22(18,19)20;15-19-20-21-7-9-1-3-13-11(5-9)12-6-10(2-4-14-12)8-22(16,17)18;;;/h7-12H,2-6H2,1H3;1-6H,7-8H2,(H,15,16,17)(H,18,19,20);1-6,15H,7-8H2,(H,16,17,18);;;/q;;;2*+1;/p-2. The first kappa shape index (κ1) is 65.2. The molecule has 6 aromatic heterocycles. The van der Waals surface area contributed by atoms with Gasteiger partial charge in [-0.25, -0.2) is 13.2 Å². The first-order chi connectivity index (χ1) is 33.1. The van der Waals surface area contributed by atoms with Crippen LogP contribution in [0.3, 0.4) is 0 Å². The second-order valence-corrected chi connectivity index (χ2v) is 19.9. The van der Waals surface area contributed by atoms with E-state index in [-0.39, 0.29) is 103 Å². The molecule has 1 saturated heterocycles. The zero-order chi connectivity index (χ0) is 50.9. The summed E-state index contributed by atoms with van der Waals surface area (Å²) in [5.41, 5.74) is 7.07. The quantitative estimate of drug-likeness (QED) is 0.0176. The van der Waals surface area contributed by atoms with Crippen LogP contribution in [0.2, 0.25) is 0 Å². The van der Waals surface area contributed by atoms with Gasteiger partial charge in [0.2, 0.25) is 0 Å². The molecule has 0 bridgehead atoms. The van der Waals surface area contributed by atoms with Gasteiger partial charge in [-0.2, -0.15) is 21.2 Å². The van der Waals surface area contributed by atoms with Gasteiger partial charge in [-0.05, 0) is 126 Å². The average molecular weight is 1190 g/mol. The first-order valence-electron chi connectivity index (χ1n) is 20.3. The Balaban J connectivity index is 0.000000369. The number of hydrogen-bond acceptors (Lipinski definition) is 21. The van der Waals surface area contributed by atoms with Crippen LogP contribution in [-0.2, 0) is 108 Å². The minimum absolute atomic E-state index is 0. The molecule has 1 aliphatic rings. The van der Waals surface area contributed by atoms with E-state index in [2.05, 4.69) is 39.3 Å². The topological polar surface area (TPSA) is 348 Å². The van der Waals surface area contributed by atoms with Crippen LogP contribution in [0.1, 0.15) is 59.1 Å². The Kier molecular flexibility index (Phi) is 27.9. The van der Waals surface area contributed by atoms with Crippen molar-refractivity contribution >= 4 is 60.2 Å². The van der Waals surface area contributed by atoms with Crippen molar-refractivity contribution in [2.45, 2.75) is 62.0 Å². The third-order valence-corrected chi connectivity index (χ3v) is 11.9. The molecule has 7 rings (SSSR count). The second-order valence-electron chi connectivity index (χ2n) is 14.9. The maximum absolute atomic E-state index is 11.8. The van der Waals surface area contributed by atoms with Gasteiger partial charge in [-0.1, -0.05) is 0 Å². The van der Waals surface area contributed by atoms with Crippen molar-refractivity contribution in [1.82, 2.24) is 35.0 Å². The van der Waals surface area contributed by atoms with Gasteiger partial charge in [-0.15, -0.1) is 5.06 Å². The Morgan fingerprint density at radius 1 is 0.616 bits per heavy atom. The predicted octanol–water partition coefficient (Wildman–Crippen LogP) is -2.13. The summed E-state index contributed by atoms with van der Waals surface area (Å²) in [5, 5.41) is 13.5. The number of carbonyl (C=O) groups excluding carboxylic acids is 3. The van der Waals surface area contributed by atoms with Crippen LogP contribution in [0.5, 0.6) is 0 Å². The van der Waals surface area contributed by atoms with Crippen molar-refractivity contribution in [3.05, 3.63) is 143 Å². The molecule has 0 spiro atoms. The minimum atomic E-state index is -4.42. The van der Waals surface area contributed by atoms with E-state index < -0.39 is 65.4 Å². The molecule has 0 aromatic carbocycles. The maximum atomic E-state index is 11.8. The molecule has 0 atom stereocenters. The molecule has 30 heteroatoms. The molecule has 7 heterocycles. The van der Waals surface area contributed by atoms with Crippen LogP contribution >= 0.6 is 12.0 Å². The van der Waals surface area contributed by atoms with E-state index in [4.69, 9.17) is 13.9 Å². The fourth-order valence-electron chi connectivity index (χ4n) is 6.24. The van der Waals surface area contributed by atoms with E-state index in [9.17, 15) is 49.4 Å². The normalized spacial score (nSPS) is 12.2. The fraction of sp³-hybridized carbons (Fsp3) is 0.233. The molecule has 6 aromatic rings. The van der Waals surface area contributed by atoms with E-state index in [0.29, 0.717) is 57.6 Å². The van der Waals surface area contributed by atoms with Crippen LogP contribution in [0.15, 0.2) is 110 Å². The van der Waals surface area contributed by atoms with Crippen molar-refractivity contribution in [2.24, 2.45) is 0 Å². The van der Waals surface area contributed by atoms with E-state index in [1.54, 1.807) is 30.7 Å². The Labute approximate surface area is 481 Å². The van der Waals surface area contributed by atoms with Gasteiger partial charge in [-0.3, -0.25) is 53.6 Å². The van der Waals surface area contributed by atoms with Gasteiger partial charge in [0.1, 0.15) is 11.5 Å². The molecule has 0 saturated carbocycles. The molecule has 0 unspecified atom stereocenters. The van der Waals surface area contributed by atoms with E-state index in [1.165, 1.54) is 55.0 Å². The smallest absolute Gasteiger partial charge is 0.748 e. The Hall–Kier alpha value is -3.91. The third kappa shape index (κ3) is 24.1. The average Bonchev–Trinajstić information content (AvgIpc) is 3.60. The summed E-state index contributed by atoms with van der Waals surface area (Å²) in [6.07, 6.45) is 10.6.